The Bertz CT molecular complexity index is 587. The van der Waals surface area contributed by atoms with Crippen LogP contribution in [0.4, 0.5) is 8.78 Å². The highest BCUT2D eigenvalue weighted by Gasteiger charge is 2.26. The molecule has 1 aromatic rings. The highest BCUT2D eigenvalue weighted by atomic mass is 32.2. The molecule has 2 rings (SSSR count). The van der Waals surface area contributed by atoms with E-state index in [0.717, 1.165) is 12.1 Å². The first kappa shape index (κ1) is 15.3. The van der Waals surface area contributed by atoms with Gasteiger partial charge in [-0.15, -0.1) is 0 Å². The highest BCUT2D eigenvalue weighted by Crippen LogP contribution is 2.21. The second kappa shape index (κ2) is 6.13. The van der Waals surface area contributed by atoms with E-state index in [0.29, 0.717) is 26.1 Å². The zero-order chi connectivity index (χ0) is 14.8. The molecule has 112 valence electrons. The van der Waals surface area contributed by atoms with Crippen molar-refractivity contribution < 1.29 is 21.9 Å². The monoisotopic (exact) mass is 306 g/mol. The number of hydrogen-bond donors (Lipinski definition) is 2. The molecule has 1 fully saturated rings. The molecule has 0 unspecified atom stereocenters. The summed E-state index contributed by atoms with van der Waals surface area (Å²) in [6, 6.07) is 1.51. The Labute approximate surface area is 116 Å². The van der Waals surface area contributed by atoms with Crippen LogP contribution in [0.2, 0.25) is 0 Å². The van der Waals surface area contributed by atoms with Gasteiger partial charge in [-0.25, -0.2) is 21.9 Å². The van der Waals surface area contributed by atoms with Crippen LogP contribution in [0.3, 0.4) is 0 Å². The fraction of sp³-hybridized carbons (Fsp3) is 0.500. The SMILES string of the molecule is NCc1c(F)ccc(S(=O)(=O)NC2CCOCC2)c1F. The van der Waals surface area contributed by atoms with Gasteiger partial charge in [0.05, 0.1) is 0 Å². The number of ether oxygens (including phenoxy) is 1. The standard InChI is InChI=1S/C12H16F2N2O3S/c13-10-1-2-11(12(14)9(10)7-15)20(17,18)16-8-3-5-19-6-4-8/h1-2,8,16H,3-7,15H2. The van der Waals surface area contributed by atoms with Crippen LogP contribution in [0.5, 0.6) is 0 Å². The molecule has 0 aromatic heterocycles. The van der Waals surface area contributed by atoms with Crippen molar-refractivity contribution in [1.82, 2.24) is 4.72 Å². The van der Waals surface area contributed by atoms with E-state index in [1.165, 1.54) is 0 Å². The summed E-state index contributed by atoms with van der Waals surface area (Å²) in [5, 5.41) is 0. The van der Waals surface area contributed by atoms with E-state index in [1.807, 2.05) is 0 Å². The number of nitrogens with one attached hydrogen (secondary N) is 1. The maximum atomic E-state index is 14.0. The summed E-state index contributed by atoms with van der Waals surface area (Å²) in [5.41, 5.74) is 4.81. The Kier molecular flexibility index (Phi) is 4.69. The molecular weight excluding hydrogens is 290 g/mol. The summed E-state index contributed by atoms with van der Waals surface area (Å²) in [6.07, 6.45) is 1.04. The molecule has 0 saturated carbocycles. The molecule has 1 aromatic carbocycles. The van der Waals surface area contributed by atoms with Crippen molar-refractivity contribution in [3.05, 3.63) is 29.3 Å². The Hall–Kier alpha value is -1.09. The number of halogens is 2. The minimum absolute atomic E-state index is 0.306. The fourth-order valence-electron chi connectivity index (χ4n) is 2.07. The minimum Gasteiger partial charge on any atom is -0.381 e. The third-order valence-electron chi connectivity index (χ3n) is 3.19. The summed E-state index contributed by atoms with van der Waals surface area (Å²) in [7, 11) is -4.04. The van der Waals surface area contributed by atoms with Crippen molar-refractivity contribution in [2.45, 2.75) is 30.3 Å². The number of sulfonamides is 1. The van der Waals surface area contributed by atoms with Gasteiger partial charge in [0.1, 0.15) is 10.7 Å². The van der Waals surface area contributed by atoms with E-state index >= 15 is 0 Å². The first-order valence-electron chi connectivity index (χ1n) is 6.22. The number of nitrogens with two attached hydrogens (primary N) is 1. The molecule has 1 aliphatic rings. The van der Waals surface area contributed by atoms with Crippen LogP contribution in [-0.2, 0) is 21.3 Å². The van der Waals surface area contributed by atoms with Crippen LogP contribution in [0, 0.1) is 11.6 Å². The number of rotatable bonds is 4. The van der Waals surface area contributed by atoms with Crippen LogP contribution in [0.25, 0.3) is 0 Å². The van der Waals surface area contributed by atoms with Crippen molar-refractivity contribution >= 4 is 10.0 Å². The van der Waals surface area contributed by atoms with Crippen molar-refractivity contribution in [3.63, 3.8) is 0 Å². The van der Waals surface area contributed by atoms with Gasteiger partial charge in [0.25, 0.3) is 0 Å². The minimum atomic E-state index is -4.04. The Morgan fingerprint density at radius 3 is 2.55 bits per heavy atom. The highest BCUT2D eigenvalue weighted by molar-refractivity contribution is 7.89. The van der Waals surface area contributed by atoms with Crippen LogP contribution in [0.1, 0.15) is 18.4 Å². The molecule has 0 spiro atoms. The van der Waals surface area contributed by atoms with Crippen LogP contribution in [-0.4, -0.2) is 27.7 Å². The number of benzene rings is 1. The Balaban J connectivity index is 2.29. The summed E-state index contributed by atoms with van der Waals surface area (Å²) < 4.78 is 59.2. The quantitative estimate of drug-likeness (QED) is 0.865. The molecule has 1 heterocycles. The molecule has 1 aliphatic heterocycles. The molecule has 0 aliphatic carbocycles. The molecule has 20 heavy (non-hydrogen) atoms. The lowest BCUT2D eigenvalue weighted by atomic mass is 10.1. The zero-order valence-corrected chi connectivity index (χ0v) is 11.6. The average molecular weight is 306 g/mol. The number of hydrogen-bond acceptors (Lipinski definition) is 4. The normalized spacial score (nSPS) is 17.4. The van der Waals surface area contributed by atoms with Gasteiger partial charge >= 0.3 is 0 Å². The third kappa shape index (κ3) is 3.14. The first-order chi connectivity index (χ1) is 9.45. The second-order valence-electron chi connectivity index (χ2n) is 4.55. The van der Waals surface area contributed by atoms with E-state index in [2.05, 4.69) is 4.72 Å². The van der Waals surface area contributed by atoms with E-state index in [9.17, 15) is 17.2 Å². The van der Waals surface area contributed by atoms with Crippen LogP contribution >= 0.6 is 0 Å². The predicted octanol–water partition coefficient (Wildman–Crippen LogP) is 0.881. The third-order valence-corrected chi connectivity index (χ3v) is 4.73. The van der Waals surface area contributed by atoms with Crippen LogP contribution < -0.4 is 10.5 Å². The largest absolute Gasteiger partial charge is 0.381 e. The van der Waals surface area contributed by atoms with E-state index in [-0.39, 0.29) is 6.04 Å². The van der Waals surface area contributed by atoms with Gasteiger partial charge in [-0.2, -0.15) is 0 Å². The van der Waals surface area contributed by atoms with Gasteiger partial charge in [-0.3, -0.25) is 0 Å². The van der Waals surface area contributed by atoms with Crippen molar-refractivity contribution in [3.8, 4) is 0 Å². The molecule has 0 amide bonds. The zero-order valence-electron chi connectivity index (χ0n) is 10.7. The van der Waals surface area contributed by atoms with Gasteiger partial charge in [0.15, 0.2) is 5.82 Å². The summed E-state index contributed by atoms with van der Waals surface area (Å²) in [4.78, 5) is -0.578. The summed E-state index contributed by atoms with van der Waals surface area (Å²) >= 11 is 0. The summed E-state index contributed by atoms with van der Waals surface area (Å²) in [6.45, 7) is 0.499. The molecule has 3 N–H and O–H groups in total. The van der Waals surface area contributed by atoms with Crippen LogP contribution in [0.15, 0.2) is 17.0 Å². The predicted molar refractivity (Wildman–Crippen MR) is 68.4 cm³/mol. The van der Waals surface area contributed by atoms with E-state index in [4.69, 9.17) is 10.5 Å². The lowest BCUT2D eigenvalue weighted by Gasteiger charge is -2.23. The average Bonchev–Trinajstić information content (AvgIpc) is 2.39. The Morgan fingerprint density at radius 2 is 1.95 bits per heavy atom. The molecule has 5 nitrogen and oxygen atoms in total. The van der Waals surface area contributed by atoms with E-state index < -0.39 is 38.7 Å². The first-order valence-corrected chi connectivity index (χ1v) is 7.71. The maximum Gasteiger partial charge on any atom is 0.243 e. The maximum absolute atomic E-state index is 14.0. The Morgan fingerprint density at radius 1 is 1.30 bits per heavy atom. The summed E-state index contributed by atoms with van der Waals surface area (Å²) in [5.74, 6) is -1.98. The molecule has 0 radical (unpaired) electrons. The van der Waals surface area contributed by atoms with Gasteiger partial charge < -0.3 is 10.5 Å². The van der Waals surface area contributed by atoms with Gasteiger partial charge in [0.2, 0.25) is 10.0 Å². The van der Waals surface area contributed by atoms with Crippen molar-refractivity contribution in [2.75, 3.05) is 13.2 Å². The molecule has 8 heteroatoms. The van der Waals surface area contributed by atoms with Gasteiger partial charge in [-0.05, 0) is 25.0 Å². The van der Waals surface area contributed by atoms with Crippen molar-refractivity contribution in [2.24, 2.45) is 5.73 Å². The lowest BCUT2D eigenvalue weighted by Crippen LogP contribution is -2.39. The van der Waals surface area contributed by atoms with Gasteiger partial charge in [-0.1, -0.05) is 0 Å². The van der Waals surface area contributed by atoms with Gasteiger partial charge in [0, 0.05) is 31.4 Å². The second-order valence-corrected chi connectivity index (χ2v) is 6.23. The van der Waals surface area contributed by atoms with E-state index in [1.54, 1.807) is 0 Å². The smallest absolute Gasteiger partial charge is 0.243 e. The lowest BCUT2D eigenvalue weighted by molar-refractivity contribution is 0.0832. The molecule has 1 saturated heterocycles. The molecule has 0 atom stereocenters. The fourth-order valence-corrected chi connectivity index (χ4v) is 3.48. The molecule has 0 bridgehead atoms. The van der Waals surface area contributed by atoms with Crippen molar-refractivity contribution in [1.29, 1.82) is 0 Å². The topological polar surface area (TPSA) is 81.4 Å². The molecular formula is C12H16F2N2O3S.